The quantitative estimate of drug-likeness (QED) is 0.836. The third-order valence-electron chi connectivity index (χ3n) is 4.19. The van der Waals surface area contributed by atoms with Gasteiger partial charge in [0.25, 0.3) is 0 Å². The molecule has 1 amide bonds. The van der Waals surface area contributed by atoms with Crippen molar-refractivity contribution in [2.24, 2.45) is 0 Å². The zero-order valence-corrected chi connectivity index (χ0v) is 11.8. The molecule has 2 aliphatic rings. The van der Waals surface area contributed by atoms with Crippen LogP contribution >= 0.6 is 11.8 Å². The van der Waals surface area contributed by atoms with Gasteiger partial charge >= 0.3 is 0 Å². The summed E-state index contributed by atoms with van der Waals surface area (Å²) in [6, 6.07) is 0.551. The summed E-state index contributed by atoms with van der Waals surface area (Å²) >= 11 is 1.94. The van der Waals surface area contributed by atoms with Crippen molar-refractivity contribution in [1.29, 1.82) is 0 Å². The molecule has 2 fully saturated rings. The Morgan fingerprint density at radius 2 is 2.00 bits per heavy atom. The van der Waals surface area contributed by atoms with Gasteiger partial charge in [0.2, 0.25) is 5.91 Å². The van der Waals surface area contributed by atoms with Crippen LogP contribution in [0, 0.1) is 0 Å². The van der Waals surface area contributed by atoms with E-state index in [1.54, 1.807) is 0 Å². The fourth-order valence-electron chi connectivity index (χ4n) is 3.21. The molecule has 2 rings (SSSR count). The number of nitrogens with one attached hydrogen (secondary N) is 1. The molecule has 1 heterocycles. The first kappa shape index (κ1) is 13.2. The second-order valence-electron chi connectivity index (χ2n) is 5.14. The van der Waals surface area contributed by atoms with E-state index in [2.05, 4.69) is 16.5 Å². The van der Waals surface area contributed by atoms with Crippen molar-refractivity contribution in [2.75, 3.05) is 19.8 Å². The average Bonchev–Trinajstić information content (AvgIpc) is 2.39. The summed E-state index contributed by atoms with van der Waals surface area (Å²) < 4.78 is 0. The number of hydrogen-bond acceptors (Lipinski definition) is 3. The number of piperidine rings is 1. The molecule has 3 nitrogen and oxygen atoms in total. The minimum Gasteiger partial charge on any atom is -0.337 e. The van der Waals surface area contributed by atoms with Crippen LogP contribution in [0.5, 0.6) is 0 Å². The first-order valence-electron chi connectivity index (χ1n) is 6.78. The number of likely N-dealkylation sites (N-methyl/N-ethyl adjacent to an activating group) is 1. The molecule has 3 unspecified atom stereocenters. The van der Waals surface area contributed by atoms with E-state index in [1.807, 2.05) is 18.8 Å². The summed E-state index contributed by atoms with van der Waals surface area (Å²) in [5, 5.41) is 3.81. The lowest BCUT2D eigenvalue weighted by Crippen LogP contribution is -2.56. The number of hydrogen-bond donors (Lipinski definition) is 1. The summed E-state index contributed by atoms with van der Waals surface area (Å²) in [5.41, 5.74) is 0. The van der Waals surface area contributed by atoms with Crippen molar-refractivity contribution < 1.29 is 4.79 Å². The maximum Gasteiger partial charge on any atom is 0.239 e. The third-order valence-corrected chi connectivity index (χ3v) is 5.35. The number of amides is 1. The molecule has 1 aliphatic carbocycles. The molecule has 4 heteroatoms. The lowest BCUT2D eigenvalue weighted by atomic mass is 9.91. The highest BCUT2D eigenvalue weighted by Crippen LogP contribution is 2.32. The van der Waals surface area contributed by atoms with Crippen LogP contribution in [0.3, 0.4) is 0 Å². The minimum atomic E-state index is 0.0631. The van der Waals surface area contributed by atoms with Crippen LogP contribution in [0.25, 0.3) is 0 Å². The molecule has 1 N–H and O–H groups in total. The molecule has 1 aliphatic heterocycles. The van der Waals surface area contributed by atoms with Crippen molar-refractivity contribution in [3.05, 3.63) is 0 Å². The summed E-state index contributed by atoms with van der Waals surface area (Å²) in [5.74, 6) is 0.338. The summed E-state index contributed by atoms with van der Waals surface area (Å²) in [6.45, 7) is 0.971. The second kappa shape index (κ2) is 6.10. The third kappa shape index (κ3) is 2.79. The number of rotatable bonds is 3. The Morgan fingerprint density at radius 1 is 1.24 bits per heavy atom. The van der Waals surface area contributed by atoms with Crippen LogP contribution in [0.2, 0.25) is 0 Å². The largest absolute Gasteiger partial charge is 0.337 e. The van der Waals surface area contributed by atoms with Crippen LogP contribution in [0.4, 0.5) is 0 Å². The van der Waals surface area contributed by atoms with Gasteiger partial charge in [-0.05, 0) is 39.0 Å². The molecule has 17 heavy (non-hydrogen) atoms. The Hall–Kier alpha value is -0.220. The zero-order chi connectivity index (χ0) is 12.3. The molecule has 0 bridgehead atoms. The van der Waals surface area contributed by atoms with Crippen LogP contribution < -0.4 is 5.32 Å². The van der Waals surface area contributed by atoms with Crippen LogP contribution in [0.1, 0.15) is 38.5 Å². The highest BCUT2D eigenvalue weighted by molar-refractivity contribution is 7.99. The lowest BCUT2D eigenvalue weighted by molar-refractivity contribution is -0.138. The predicted molar refractivity (Wildman–Crippen MR) is 73.4 cm³/mol. The van der Waals surface area contributed by atoms with Gasteiger partial charge in [-0.15, -0.1) is 0 Å². The Morgan fingerprint density at radius 3 is 2.71 bits per heavy atom. The predicted octanol–water partition coefficient (Wildman–Crippen LogP) is 1.87. The van der Waals surface area contributed by atoms with Crippen molar-refractivity contribution >= 4 is 17.7 Å². The summed E-state index contributed by atoms with van der Waals surface area (Å²) in [4.78, 5) is 14.5. The number of thioether (sulfide) groups is 1. The molecule has 1 saturated carbocycles. The van der Waals surface area contributed by atoms with E-state index in [1.165, 1.54) is 25.7 Å². The average molecular weight is 256 g/mol. The fraction of sp³-hybridized carbons (Fsp3) is 0.923. The topological polar surface area (TPSA) is 32.3 Å². The number of nitrogens with zero attached hydrogens (tertiary/aromatic N) is 1. The Kier molecular flexibility index (Phi) is 4.74. The van der Waals surface area contributed by atoms with E-state index in [4.69, 9.17) is 0 Å². The monoisotopic (exact) mass is 256 g/mol. The smallest absolute Gasteiger partial charge is 0.239 e. The second-order valence-corrected chi connectivity index (χ2v) is 6.22. The van der Waals surface area contributed by atoms with Gasteiger partial charge in [0, 0.05) is 17.8 Å². The number of carbonyl (C=O) groups excluding carboxylic acids is 1. The van der Waals surface area contributed by atoms with E-state index >= 15 is 0 Å². The summed E-state index contributed by atoms with van der Waals surface area (Å²) in [7, 11) is 1.90. The molecule has 0 aromatic rings. The number of likely N-dealkylation sites (tertiary alicyclic amines) is 1. The van der Waals surface area contributed by atoms with Gasteiger partial charge in [-0.2, -0.15) is 11.8 Å². The standard InChI is InChI=1S/C13H24N2OS/c1-14-10-6-5-9-15(13(10)16)11-7-3-4-8-12(11)17-2/h10-12,14H,3-9H2,1-2H3. The van der Waals surface area contributed by atoms with Gasteiger partial charge in [-0.3, -0.25) is 4.79 Å². The van der Waals surface area contributed by atoms with E-state index in [-0.39, 0.29) is 6.04 Å². The van der Waals surface area contributed by atoms with Crippen molar-refractivity contribution in [3.63, 3.8) is 0 Å². The van der Waals surface area contributed by atoms with Crippen molar-refractivity contribution in [3.8, 4) is 0 Å². The molecule has 0 aromatic heterocycles. The minimum absolute atomic E-state index is 0.0631. The fourth-order valence-corrected chi connectivity index (χ4v) is 4.20. The van der Waals surface area contributed by atoms with Crippen LogP contribution in [0.15, 0.2) is 0 Å². The van der Waals surface area contributed by atoms with Gasteiger partial charge in [0.15, 0.2) is 0 Å². The van der Waals surface area contributed by atoms with E-state index in [0.717, 1.165) is 19.4 Å². The van der Waals surface area contributed by atoms with Gasteiger partial charge in [0.05, 0.1) is 6.04 Å². The van der Waals surface area contributed by atoms with Crippen LogP contribution in [-0.2, 0) is 4.79 Å². The molecule has 0 radical (unpaired) electrons. The lowest BCUT2D eigenvalue weighted by Gasteiger charge is -2.43. The van der Waals surface area contributed by atoms with Crippen molar-refractivity contribution in [2.45, 2.75) is 55.9 Å². The molecular weight excluding hydrogens is 232 g/mol. The van der Waals surface area contributed by atoms with Crippen LogP contribution in [-0.4, -0.2) is 48.0 Å². The zero-order valence-electron chi connectivity index (χ0n) is 10.9. The Bertz CT molecular complexity index is 272. The Labute approximate surface area is 109 Å². The maximum absolute atomic E-state index is 12.4. The Balaban J connectivity index is 2.06. The molecular formula is C13H24N2OS. The molecule has 3 atom stereocenters. The van der Waals surface area contributed by atoms with Gasteiger partial charge < -0.3 is 10.2 Å². The van der Waals surface area contributed by atoms with E-state index < -0.39 is 0 Å². The van der Waals surface area contributed by atoms with E-state index in [9.17, 15) is 4.79 Å². The van der Waals surface area contributed by atoms with Gasteiger partial charge in [0.1, 0.15) is 0 Å². The molecule has 98 valence electrons. The normalized spacial score (nSPS) is 35.1. The SMILES string of the molecule is CNC1CCCN(C2CCCCC2SC)C1=O. The summed E-state index contributed by atoms with van der Waals surface area (Å²) in [6.07, 6.45) is 9.44. The number of carbonyl (C=O) groups is 1. The van der Waals surface area contributed by atoms with E-state index in [0.29, 0.717) is 17.2 Å². The first-order chi connectivity index (χ1) is 8.27. The highest BCUT2D eigenvalue weighted by atomic mass is 32.2. The van der Waals surface area contributed by atoms with Gasteiger partial charge in [-0.1, -0.05) is 12.8 Å². The highest BCUT2D eigenvalue weighted by Gasteiger charge is 2.36. The molecule has 0 spiro atoms. The molecule has 1 saturated heterocycles. The maximum atomic E-state index is 12.4. The first-order valence-corrected chi connectivity index (χ1v) is 8.07. The van der Waals surface area contributed by atoms with Crippen molar-refractivity contribution in [1.82, 2.24) is 10.2 Å². The van der Waals surface area contributed by atoms with Gasteiger partial charge in [-0.25, -0.2) is 0 Å². The molecule has 0 aromatic carbocycles.